The fourth-order valence-corrected chi connectivity index (χ4v) is 8.60. The number of rotatable bonds is 6. The van der Waals surface area contributed by atoms with Crippen LogP contribution >= 0.6 is 0 Å². The van der Waals surface area contributed by atoms with Crippen molar-refractivity contribution in [1.82, 2.24) is 0 Å². The predicted molar refractivity (Wildman–Crippen MR) is 244 cm³/mol. The van der Waals surface area contributed by atoms with Gasteiger partial charge in [-0.1, -0.05) is 71.8 Å². The number of nitrogens with zero attached hydrogens (tertiary/aromatic N) is 2. The van der Waals surface area contributed by atoms with Crippen LogP contribution in [0.25, 0.3) is 65.4 Å². The first-order valence-corrected chi connectivity index (χ1v) is 19.9. The molecule has 0 aliphatic carbocycles. The van der Waals surface area contributed by atoms with Crippen molar-refractivity contribution < 1.29 is 8.83 Å². The number of hydrogen-bond donors (Lipinski definition) is 0. The van der Waals surface area contributed by atoms with Crippen LogP contribution < -0.4 is 9.80 Å². The first-order chi connectivity index (χ1) is 28.3. The van der Waals surface area contributed by atoms with E-state index < -0.39 is 0 Å². The topological polar surface area (TPSA) is 32.8 Å². The molecule has 0 saturated carbocycles. The van der Waals surface area contributed by atoms with Crippen molar-refractivity contribution in [1.29, 1.82) is 0 Å². The summed E-state index contributed by atoms with van der Waals surface area (Å²) in [7, 11) is 0. The molecule has 278 valence electrons. The van der Waals surface area contributed by atoms with Gasteiger partial charge in [-0.2, -0.15) is 0 Å². The Morgan fingerprint density at radius 3 is 1.05 bits per heavy atom. The van der Waals surface area contributed by atoms with E-state index in [9.17, 15) is 0 Å². The fourth-order valence-electron chi connectivity index (χ4n) is 8.60. The lowest BCUT2D eigenvalue weighted by atomic mass is 10.0. The summed E-state index contributed by atoms with van der Waals surface area (Å²) in [6.45, 7) is 8.53. The third-order valence-electron chi connectivity index (χ3n) is 11.6. The number of benzene rings is 9. The molecule has 9 aromatic carbocycles. The van der Waals surface area contributed by atoms with E-state index in [2.05, 4.69) is 207 Å². The molecule has 4 heteroatoms. The molecule has 11 aromatic rings. The van der Waals surface area contributed by atoms with E-state index in [0.717, 1.165) is 99.5 Å². The molecule has 0 atom stereocenters. The van der Waals surface area contributed by atoms with Gasteiger partial charge < -0.3 is 18.6 Å². The largest absolute Gasteiger partial charge is 0.456 e. The minimum Gasteiger partial charge on any atom is -0.456 e. The van der Waals surface area contributed by atoms with Crippen LogP contribution in [0.3, 0.4) is 0 Å². The summed E-state index contributed by atoms with van der Waals surface area (Å²) < 4.78 is 13.3. The molecular weight excluding hydrogens is 709 g/mol. The van der Waals surface area contributed by atoms with Crippen molar-refractivity contribution in [3.05, 3.63) is 192 Å². The third kappa shape index (κ3) is 5.76. The van der Waals surface area contributed by atoms with Gasteiger partial charge in [0.2, 0.25) is 0 Å². The molecule has 11 rings (SSSR count). The molecule has 0 radical (unpaired) electrons. The van der Waals surface area contributed by atoms with E-state index in [1.54, 1.807) is 0 Å². The third-order valence-corrected chi connectivity index (χ3v) is 11.6. The van der Waals surface area contributed by atoms with E-state index in [0.29, 0.717) is 0 Å². The van der Waals surface area contributed by atoms with Crippen LogP contribution in [0, 0.1) is 27.7 Å². The SMILES string of the molecule is Cc1ccc(N(c2cccc(C)c2)c2ccc3cc4c(cc3c2)oc2cc3c(cc24)oc2cc4cc(N(c5ccc(C)cc5)c5cccc(C)c5)ccc4cc23)cc1. The molecule has 0 aliphatic heterocycles. The van der Waals surface area contributed by atoms with E-state index >= 15 is 0 Å². The Bertz CT molecular complexity index is 3160. The zero-order chi connectivity index (χ0) is 39.1. The Morgan fingerprint density at radius 1 is 0.276 bits per heavy atom. The second-order valence-corrected chi connectivity index (χ2v) is 15.8. The molecule has 0 aliphatic rings. The first kappa shape index (κ1) is 34.0. The molecule has 0 bridgehead atoms. The predicted octanol–water partition coefficient (Wildman–Crippen LogP) is 16.0. The van der Waals surface area contributed by atoms with E-state index in [1.165, 1.54) is 22.3 Å². The smallest absolute Gasteiger partial charge is 0.136 e. The van der Waals surface area contributed by atoms with Gasteiger partial charge in [0.25, 0.3) is 0 Å². The van der Waals surface area contributed by atoms with Crippen LogP contribution in [0.2, 0.25) is 0 Å². The van der Waals surface area contributed by atoms with Gasteiger partial charge >= 0.3 is 0 Å². The van der Waals surface area contributed by atoms with E-state index in [-0.39, 0.29) is 0 Å². The Hall–Kier alpha value is -7.30. The summed E-state index contributed by atoms with van der Waals surface area (Å²) in [6.07, 6.45) is 0. The minimum atomic E-state index is 0.851. The van der Waals surface area contributed by atoms with Crippen molar-refractivity contribution in [2.24, 2.45) is 0 Å². The van der Waals surface area contributed by atoms with E-state index in [1.807, 2.05) is 0 Å². The average Bonchev–Trinajstić information content (AvgIpc) is 3.75. The summed E-state index contributed by atoms with van der Waals surface area (Å²) in [5.74, 6) is 0. The maximum Gasteiger partial charge on any atom is 0.136 e. The average molecular weight is 749 g/mol. The fraction of sp³-hybridized carbons (Fsp3) is 0.0741. The molecule has 4 nitrogen and oxygen atoms in total. The Balaban J connectivity index is 1.00. The van der Waals surface area contributed by atoms with Crippen molar-refractivity contribution >= 4 is 99.5 Å². The normalized spacial score (nSPS) is 11.8. The van der Waals surface area contributed by atoms with Crippen molar-refractivity contribution in [3.63, 3.8) is 0 Å². The maximum atomic E-state index is 6.65. The highest BCUT2D eigenvalue weighted by Gasteiger charge is 2.19. The van der Waals surface area contributed by atoms with Crippen molar-refractivity contribution in [3.8, 4) is 0 Å². The summed E-state index contributed by atoms with van der Waals surface area (Å²) >= 11 is 0. The molecule has 0 saturated heterocycles. The highest BCUT2D eigenvalue weighted by Crippen LogP contribution is 2.43. The maximum absolute atomic E-state index is 6.65. The summed E-state index contributed by atoms with van der Waals surface area (Å²) in [6, 6.07) is 61.3. The standard InChI is InChI=1S/C54H40N2O2/c1-33-11-17-41(18-12-33)55(43-9-5-7-35(3)23-43)45-21-15-37-27-47-49-31-54-50(32-53(49)57-51(47)29-39(37)25-45)48-28-38-16-22-46(26-40(38)30-52(48)58-54)56(42-19-13-34(2)14-20-42)44-10-6-8-36(4)24-44/h5-32H,1-4H3. The van der Waals surface area contributed by atoms with Gasteiger partial charge in [-0.05, 0) is 170 Å². The quantitative estimate of drug-likeness (QED) is 0.170. The molecule has 0 amide bonds. The van der Waals surface area contributed by atoms with Gasteiger partial charge in [-0.25, -0.2) is 0 Å². The lowest BCUT2D eigenvalue weighted by Gasteiger charge is -2.26. The number of furan rings is 2. The van der Waals surface area contributed by atoms with Gasteiger partial charge in [-0.15, -0.1) is 0 Å². The van der Waals surface area contributed by atoms with Crippen LogP contribution in [-0.4, -0.2) is 0 Å². The minimum absolute atomic E-state index is 0.851. The Labute approximate surface area is 336 Å². The molecule has 0 fully saturated rings. The summed E-state index contributed by atoms with van der Waals surface area (Å²) in [4.78, 5) is 4.64. The van der Waals surface area contributed by atoms with Crippen molar-refractivity contribution in [2.75, 3.05) is 9.80 Å². The molecule has 58 heavy (non-hydrogen) atoms. The highest BCUT2D eigenvalue weighted by molar-refractivity contribution is 6.18. The number of anilines is 6. The van der Waals surface area contributed by atoms with Gasteiger partial charge in [0.1, 0.15) is 22.3 Å². The first-order valence-electron chi connectivity index (χ1n) is 19.9. The van der Waals surface area contributed by atoms with Gasteiger partial charge in [0, 0.05) is 55.7 Å². The zero-order valence-corrected chi connectivity index (χ0v) is 32.9. The number of hydrogen-bond acceptors (Lipinski definition) is 4. The lowest BCUT2D eigenvalue weighted by molar-refractivity contribution is 0.664. The Kier molecular flexibility index (Phi) is 7.70. The monoisotopic (exact) mass is 748 g/mol. The van der Waals surface area contributed by atoms with Crippen LogP contribution in [-0.2, 0) is 0 Å². The highest BCUT2D eigenvalue weighted by atomic mass is 16.3. The van der Waals surface area contributed by atoms with E-state index in [4.69, 9.17) is 8.83 Å². The molecule has 0 N–H and O–H groups in total. The van der Waals surface area contributed by atoms with Crippen LogP contribution in [0.1, 0.15) is 22.3 Å². The molecule has 0 spiro atoms. The molecular formula is C54H40N2O2. The van der Waals surface area contributed by atoms with Crippen molar-refractivity contribution in [2.45, 2.75) is 27.7 Å². The molecule has 0 unspecified atom stereocenters. The zero-order valence-electron chi connectivity index (χ0n) is 32.9. The lowest BCUT2D eigenvalue weighted by Crippen LogP contribution is -2.10. The van der Waals surface area contributed by atoms with Gasteiger partial charge in [0.05, 0.1) is 0 Å². The van der Waals surface area contributed by atoms with Gasteiger partial charge in [-0.3, -0.25) is 0 Å². The van der Waals surface area contributed by atoms with Crippen LogP contribution in [0.15, 0.2) is 179 Å². The molecule has 2 heterocycles. The number of fused-ring (bicyclic) bond motifs is 8. The number of aryl methyl sites for hydroxylation is 4. The second kappa shape index (κ2) is 13.1. The van der Waals surface area contributed by atoms with Crippen LogP contribution in [0.4, 0.5) is 34.1 Å². The second-order valence-electron chi connectivity index (χ2n) is 15.8. The van der Waals surface area contributed by atoms with Crippen LogP contribution in [0.5, 0.6) is 0 Å². The summed E-state index contributed by atoms with van der Waals surface area (Å²) in [5, 5.41) is 8.81. The molecule has 2 aromatic heterocycles. The van der Waals surface area contributed by atoms with Gasteiger partial charge in [0.15, 0.2) is 0 Å². The summed E-state index contributed by atoms with van der Waals surface area (Å²) in [5.41, 5.74) is 15.0. The Morgan fingerprint density at radius 2 is 0.638 bits per heavy atom.